The summed E-state index contributed by atoms with van der Waals surface area (Å²) in [4.78, 5) is 12.3. The highest BCUT2D eigenvalue weighted by Gasteiger charge is 2.13. The van der Waals surface area contributed by atoms with E-state index in [1.165, 1.54) is 0 Å². The first-order chi connectivity index (χ1) is 8.47. The molecular formula is C14H9BrCl2O. The number of ketones is 1. The van der Waals surface area contributed by atoms with Crippen LogP contribution in [0.25, 0.3) is 0 Å². The van der Waals surface area contributed by atoms with Gasteiger partial charge in [-0.15, -0.1) is 0 Å². The van der Waals surface area contributed by atoms with Crippen molar-refractivity contribution in [1.29, 1.82) is 0 Å². The molecule has 0 aliphatic heterocycles. The van der Waals surface area contributed by atoms with Crippen molar-refractivity contribution in [3.63, 3.8) is 0 Å². The first-order valence-electron chi connectivity index (χ1n) is 5.24. The lowest BCUT2D eigenvalue weighted by Crippen LogP contribution is -2.02. The van der Waals surface area contributed by atoms with Crippen LogP contribution in [0.4, 0.5) is 0 Å². The molecule has 0 spiro atoms. The highest BCUT2D eigenvalue weighted by molar-refractivity contribution is 9.10. The van der Waals surface area contributed by atoms with Gasteiger partial charge in [-0.1, -0.05) is 39.1 Å². The summed E-state index contributed by atoms with van der Waals surface area (Å²) in [6, 6.07) is 10.4. The molecule has 0 radical (unpaired) electrons. The van der Waals surface area contributed by atoms with Crippen LogP contribution in [0.15, 0.2) is 40.9 Å². The van der Waals surface area contributed by atoms with Crippen LogP contribution in [-0.4, -0.2) is 5.78 Å². The number of benzene rings is 2. The summed E-state index contributed by atoms with van der Waals surface area (Å²) in [5.74, 6) is -0.110. The first-order valence-corrected chi connectivity index (χ1v) is 6.79. The average molecular weight is 344 g/mol. The van der Waals surface area contributed by atoms with E-state index in [1.54, 1.807) is 24.3 Å². The van der Waals surface area contributed by atoms with Gasteiger partial charge in [0.2, 0.25) is 0 Å². The summed E-state index contributed by atoms with van der Waals surface area (Å²) in [5, 5.41) is 0.882. The third kappa shape index (κ3) is 2.94. The Morgan fingerprint density at radius 2 is 1.83 bits per heavy atom. The fourth-order valence-corrected chi connectivity index (χ4v) is 2.80. The van der Waals surface area contributed by atoms with E-state index in [4.69, 9.17) is 23.2 Å². The van der Waals surface area contributed by atoms with Gasteiger partial charge < -0.3 is 0 Å². The maximum Gasteiger partial charge on any atom is 0.194 e. The van der Waals surface area contributed by atoms with Crippen LogP contribution in [0.1, 0.15) is 21.5 Å². The van der Waals surface area contributed by atoms with Crippen LogP contribution < -0.4 is 0 Å². The molecule has 2 rings (SSSR count). The monoisotopic (exact) mass is 342 g/mol. The van der Waals surface area contributed by atoms with Gasteiger partial charge in [-0.25, -0.2) is 0 Å². The lowest BCUT2D eigenvalue weighted by molar-refractivity contribution is 0.103. The van der Waals surface area contributed by atoms with E-state index >= 15 is 0 Å². The maximum atomic E-state index is 12.3. The molecule has 1 nitrogen and oxygen atoms in total. The molecule has 92 valence electrons. The number of carbonyl (C=O) groups is 1. The zero-order chi connectivity index (χ0) is 13.3. The Balaban J connectivity index is 2.47. The van der Waals surface area contributed by atoms with Gasteiger partial charge in [0.25, 0.3) is 0 Å². The van der Waals surface area contributed by atoms with Gasteiger partial charge in [0.1, 0.15) is 0 Å². The van der Waals surface area contributed by atoms with Gasteiger partial charge in [0.15, 0.2) is 5.78 Å². The molecule has 4 heteroatoms. The minimum absolute atomic E-state index is 0.110. The summed E-state index contributed by atoms with van der Waals surface area (Å²) in [5.41, 5.74) is 2.07. The molecule has 0 aliphatic rings. The van der Waals surface area contributed by atoms with Crippen LogP contribution >= 0.6 is 39.1 Å². The molecule has 0 saturated heterocycles. The number of hydrogen-bond donors (Lipinski definition) is 0. The predicted molar refractivity (Wildman–Crippen MR) is 78.8 cm³/mol. The Bertz CT molecular complexity index is 603. The molecule has 18 heavy (non-hydrogen) atoms. The Morgan fingerprint density at radius 1 is 1.11 bits per heavy atom. The van der Waals surface area contributed by atoms with Crippen molar-refractivity contribution in [2.24, 2.45) is 0 Å². The minimum atomic E-state index is -0.110. The Kier molecular flexibility index (Phi) is 4.10. The van der Waals surface area contributed by atoms with Crippen LogP contribution in [0, 0.1) is 6.92 Å². The van der Waals surface area contributed by atoms with Gasteiger partial charge in [0.05, 0.1) is 5.02 Å². The number of rotatable bonds is 2. The lowest BCUT2D eigenvalue weighted by Gasteiger charge is -2.06. The zero-order valence-corrected chi connectivity index (χ0v) is 12.6. The molecule has 0 N–H and O–H groups in total. The zero-order valence-electron chi connectivity index (χ0n) is 9.51. The van der Waals surface area contributed by atoms with Gasteiger partial charge in [0, 0.05) is 20.6 Å². The maximum absolute atomic E-state index is 12.3. The van der Waals surface area contributed by atoms with Gasteiger partial charge >= 0.3 is 0 Å². The summed E-state index contributed by atoms with van der Waals surface area (Å²) < 4.78 is 0.871. The Labute approximate surface area is 124 Å². The lowest BCUT2D eigenvalue weighted by atomic mass is 10.0. The fourth-order valence-electron chi connectivity index (χ4n) is 1.70. The average Bonchev–Trinajstić information content (AvgIpc) is 2.26. The molecule has 0 heterocycles. The predicted octanol–water partition coefficient (Wildman–Crippen LogP) is 5.30. The van der Waals surface area contributed by atoms with Crippen molar-refractivity contribution in [3.05, 3.63) is 67.6 Å². The highest BCUT2D eigenvalue weighted by Crippen LogP contribution is 2.25. The molecular weight excluding hydrogens is 335 g/mol. The van der Waals surface area contributed by atoms with Crippen LogP contribution in [0.5, 0.6) is 0 Å². The number of halogens is 3. The SMILES string of the molecule is Cc1cc(Br)cc(C(=O)c2ccc(Cl)cc2Cl)c1. The first kappa shape index (κ1) is 13.6. The number of hydrogen-bond acceptors (Lipinski definition) is 1. The van der Waals surface area contributed by atoms with E-state index in [9.17, 15) is 4.79 Å². The molecule has 0 fully saturated rings. The van der Waals surface area contributed by atoms with Gasteiger partial charge in [-0.05, 0) is 48.9 Å². The van der Waals surface area contributed by atoms with Crippen molar-refractivity contribution in [2.45, 2.75) is 6.92 Å². The fraction of sp³-hybridized carbons (Fsp3) is 0.0714. The van der Waals surface area contributed by atoms with Crippen molar-refractivity contribution in [2.75, 3.05) is 0 Å². The van der Waals surface area contributed by atoms with E-state index in [0.717, 1.165) is 10.0 Å². The molecule has 0 bridgehead atoms. The van der Waals surface area contributed by atoms with Crippen molar-refractivity contribution in [1.82, 2.24) is 0 Å². The quantitative estimate of drug-likeness (QED) is 0.676. The van der Waals surface area contributed by atoms with Crippen LogP contribution in [-0.2, 0) is 0 Å². The molecule has 0 aromatic heterocycles. The second-order valence-corrected chi connectivity index (χ2v) is 5.73. The molecule has 0 unspecified atom stereocenters. The van der Waals surface area contributed by atoms with Gasteiger partial charge in [-0.2, -0.15) is 0 Å². The van der Waals surface area contributed by atoms with E-state index in [-0.39, 0.29) is 5.78 Å². The molecule has 0 atom stereocenters. The summed E-state index contributed by atoms with van der Waals surface area (Å²) in [7, 11) is 0. The topological polar surface area (TPSA) is 17.1 Å². The van der Waals surface area contributed by atoms with Gasteiger partial charge in [-0.3, -0.25) is 4.79 Å². The second-order valence-electron chi connectivity index (χ2n) is 3.97. The largest absolute Gasteiger partial charge is 0.289 e. The van der Waals surface area contributed by atoms with Crippen molar-refractivity contribution in [3.8, 4) is 0 Å². The Hall–Kier alpha value is -0.830. The molecule has 0 saturated carbocycles. The number of aryl methyl sites for hydroxylation is 1. The summed E-state index contributed by atoms with van der Waals surface area (Å²) in [6.45, 7) is 1.94. The van der Waals surface area contributed by atoms with E-state index < -0.39 is 0 Å². The smallest absolute Gasteiger partial charge is 0.194 e. The highest BCUT2D eigenvalue weighted by atomic mass is 79.9. The number of carbonyl (C=O) groups excluding carboxylic acids is 1. The van der Waals surface area contributed by atoms with Crippen LogP contribution in [0.3, 0.4) is 0 Å². The van der Waals surface area contributed by atoms with Crippen LogP contribution in [0.2, 0.25) is 10.0 Å². The third-order valence-electron chi connectivity index (χ3n) is 2.48. The molecule has 0 aliphatic carbocycles. The standard InChI is InChI=1S/C14H9BrCl2O/c1-8-4-9(6-10(15)5-8)14(18)12-3-2-11(16)7-13(12)17/h2-7H,1H3. The van der Waals surface area contributed by atoms with E-state index in [2.05, 4.69) is 15.9 Å². The minimum Gasteiger partial charge on any atom is -0.289 e. The summed E-state index contributed by atoms with van der Waals surface area (Å²) in [6.07, 6.45) is 0. The van der Waals surface area contributed by atoms with E-state index in [0.29, 0.717) is 21.2 Å². The molecule has 0 amide bonds. The van der Waals surface area contributed by atoms with Crippen molar-refractivity contribution < 1.29 is 4.79 Å². The Morgan fingerprint density at radius 3 is 2.44 bits per heavy atom. The molecule has 2 aromatic rings. The summed E-state index contributed by atoms with van der Waals surface area (Å²) >= 11 is 15.2. The third-order valence-corrected chi connectivity index (χ3v) is 3.49. The molecule has 2 aromatic carbocycles. The second kappa shape index (κ2) is 5.43. The van der Waals surface area contributed by atoms with E-state index in [1.807, 2.05) is 19.1 Å². The van der Waals surface area contributed by atoms with Crippen molar-refractivity contribution >= 4 is 44.9 Å². The normalized spacial score (nSPS) is 10.4.